The molecule has 0 aliphatic carbocycles. The average molecular weight is 783 g/mol. The Hall–Kier alpha value is -7.60. The molecule has 3 heterocycles. The van der Waals surface area contributed by atoms with Crippen LogP contribution in [0.15, 0.2) is 212 Å². The summed E-state index contributed by atoms with van der Waals surface area (Å²) in [6.45, 7) is 2.48. The summed E-state index contributed by atoms with van der Waals surface area (Å²) in [5, 5.41) is 12.3. The lowest BCUT2D eigenvalue weighted by Gasteiger charge is -2.29. The van der Waals surface area contributed by atoms with Crippen molar-refractivity contribution in [3.05, 3.63) is 212 Å². The van der Waals surface area contributed by atoms with Crippen LogP contribution in [0.2, 0.25) is 6.55 Å². The Morgan fingerprint density at radius 1 is 0.383 bits per heavy atom. The van der Waals surface area contributed by atoms with Crippen LogP contribution in [0.3, 0.4) is 0 Å². The van der Waals surface area contributed by atoms with Crippen molar-refractivity contribution in [2.45, 2.75) is 6.55 Å². The van der Waals surface area contributed by atoms with E-state index in [9.17, 15) is 0 Å². The molecule has 0 bridgehead atoms. The highest BCUT2D eigenvalue weighted by Gasteiger charge is 2.35. The molecule has 0 saturated carbocycles. The first-order valence-corrected chi connectivity index (χ1v) is 23.1. The Bertz CT molecular complexity index is 3570. The van der Waals surface area contributed by atoms with Crippen molar-refractivity contribution in [1.82, 2.24) is 19.1 Å². The molecule has 0 amide bonds. The van der Waals surface area contributed by atoms with E-state index in [1.807, 2.05) is 0 Å². The molecule has 9 aromatic carbocycles. The number of hydrogen-bond acceptors (Lipinski definition) is 2. The topological polar surface area (TPSA) is 35.6 Å². The van der Waals surface area contributed by atoms with Gasteiger partial charge in [0.05, 0.1) is 33.3 Å². The number of hydrogen-bond donors (Lipinski definition) is 0. The van der Waals surface area contributed by atoms with E-state index in [0.717, 1.165) is 44.4 Å². The monoisotopic (exact) mass is 782 g/mol. The highest BCUT2D eigenvalue weighted by atomic mass is 28.3. The van der Waals surface area contributed by atoms with Gasteiger partial charge in [-0.15, -0.1) is 0 Å². The zero-order valence-electron chi connectivity index (χ0n) is 33.0. The minimum atomic E-state index is -2.46. The fraction of sp³-hybridized carbons (Fsp3) is 0.0182. The van der Waals surface area contributed by atoms with Crippen LogP contribution in [0, 0.1) is 0 Å². The van der Waals surface area contributed by atoms with Gasteiger partial charge in [0, 0.05) is 38.2 Å². The first kappa shape index (κ1) is 34.4. The zero-order valence-corrected chi connectivity index (χ0v) is 34.0. The number of fused-ring (bicyclic) bond motifs is 9. The molecule has 0 N–H and O–H groups in total. The van der Waals surface area contributed by atoms with Gasteiger partial charge >= 0.3 is 0 Å². The van der Waals surface area contributed by atoms with Gasteiger partial charge in [0.2, 0.25) is 5.95 Å². The van der Waals surface area contributed by atoms with Gasteiger partial charge in [-0.05, 0) is 74.9 Å². The minimum absolute atomic E-state index is 0.658. The number of nitrogens with zero attached hydrogens (tertiary/aromatic N) is 4. The Morgan fingerprint density at radius 2 is 1.00 bits per heavy atom. The van der Waals surface area contributed by atoms with Crippen molar-refractivity contribution in [3.63, 3.8) is 0 Å². The Kier molecular flexibility index (Phi) is 7.74. The summed E-state index contributed by atoms with van der Waals surface area (Å²) in [5.41, 5.74) is 8.55. The fourth-order valence-corrected chi connectivity index (χ4v) is 13.3. The van der Waals surface area contributed by atoms with E-state index in [-0.39, 0.29) is 0 Å². The molecular formula is C55H38N4Si. The van der Waals surface area contributed by atoms with E-state index in [2.05, 4.69) is 228 Å². The Morgan fingerprint density at radius 3 is 1.77 bits per heavy atom. The molecule has 0 fully saturated rings. The second kappa shape index (κ2) is 13.5. The molecule has 0 unspecified atom stereocenters. The van der Waals surface area contributed by atoms with Crippen LogP contribution in [0.25, 0.3) is 88.2 Å². The summed E-state index contributed by atoms with van der Waals surface area (Å²) in [4.78, 5) is 11.0. The van der Waals surface area contributed by atoms with E-state index in [1.54, 1.807) is 0 Å². The normalized spacial score (nSPS) is 12.1. The van der Waals surface area contributed by atoms with Crippen molar-refractivity contribution < 1.29 is 0 Å². The van der Waals surface area contributed by atoms with Gasteiger partial charge in [0.1, 0.15) is 8.07 Å². The van der Waals surface area contributed by atoms with Gasteiger partial charge in [-0.1, -0.05) is 170 Å². The van der Waals surface area contributed by atoms with Gasteiger partial charge < -0.3 is 4.57 Å². The van der Waals surface area contributed by atoms with Crippen LogP contribution in [0.5, 0.6) is 0 Å². The van der Waals surface area contributed by atoms with Crippen molar-refractivity contribution in [3.8, 4) is 22.9 Å². The van der Waals surface area contributed by atoms with Gasteiger partial charge in [-0.2, -0.15) is 0 Å². The smallest absolute Gasteiger partial charge is 0.235 e. The molecule has 5 heteroatoms. The second-order valence-corrected chi connectivity index (χ2v) is 19.9. The predicted molar refractivity (Wildman–Crippen MR) is 255 cm³/mol. The third-order valence-electron chi connectivity index (χ3n) is 12.7. The third-order valence-corrected chi connectivity index (χ3v) is 17.1. The summed E-state index contributed by atoms with van der Waals surface area (Å²) in [7, 11) is -2.46. The van der Waals surface area contributed by atoms with Crippen molar-refractivity contribution >= 4 is 88.9 Å². The third kappa shape index (κ3) is 5.16. The van der Waals surface area contributed by atoms with E-state index in [0.29, 0.717) is 5.95 Å². The van der Waals surface area contributed by atoms with Crippen LogP contribution in [-0.4, -0.2) is 27.2 Å². The molecule has 3 aromatic heterocycles. The minimum Gasteiger partial charge on any atom is -0.309 e. The summed E-state index contributed by atoms with van der Waals surface area (Å²) >= 11 is 0. The second-order valence-electron chi connectivity index (χ2n) is 15.9. The molecule has 4 nitrogen and oxygen atoms in total. The standard InChI is InChI=1S/C55H38N4Si/c1-60(40-20-7-3-8-21-40,41-22-9-4-10-23-41)42-31-32-46-52(36-42)59(51-34-29-37-17-11-12-24-43(37)53(46)51)55-56-48-27-15-13-26-45(48)54(57-55)38-30-33-50-47(35-38)44-25-14-16-28-49(44)58(50)39-18-5-2-6-19-39/h2-36H,1H3. The molecule has 0 aliphatic heterocycles. The first-order valence-electron chi connectivity index (χ1n) is 20.6. The number of benzene rings is 9. The number of para-hydroxylation sites is 3. The van der Waals surface area contributed by atoms with Crippen LogP contribution in [0.4, 0.5) is 0 Å². The maximum absolute atomic E-state index is 5.61. The van der Waals surface area contributed by atoms with E-state index < -0.39 is 8.07 Å². The molecule has 12 rings (SSSR count). The van der Waals surface area contributed by atoms with Gasteiger partial charge in [0.25, 0.3) is 0 Å². The van der Waals surface area contributed by atoms with E-state index in [4.69, 9.17) is 9.97 Å². The molecule has 0 saturated heterocycles. The molecule has 282 valence electrons. The van der Waals surface area contributed by atoms with E-state index >= 15 is 0 Å². The lowest BCUT2D eigenvalue weighted by atomic mass is 10.0. The summed E-state index contributed by atoms with van der Waals surface area (Å²) in [5.74, 6) is 0.658. The maximum Gasteiger partial charge on any atom is 0.235 e. The Labute approximate surface area is 348 Å². The van der Waals surface area contributed by atoms with Crippen LogP contribution < -0.4 is 15.6 Å². The van der Waals surface area contributed by atoms with Crippen molar-refractivity contribution in [2.24, 2.45) is 0 Å². The molecule has 60 heavy (non-hydrogen) atoms. The van der Waals surface area contributed by atoms with E-state index in [1.165, 1.54) is 53.4 Å². The van der Waals surface area contributed by atoms with Gasteiger partial charge in [0.15, 0.2) is 0 Å². The number of aromatic nitrogens is 4. The lowest BCUT2D eigenvalue weighted by Crippen LogP contribution is -2.64. The molecule has 0 aliphatic rings. The van der Waals surface area contributed by atoms with Gasteiger partial charge in [-0.3, -0.25) is 4.57 Å². The largest absolute Gasteiger partial charge is 0.309 e. The van der Waals surface area contributed by atoms with Gasteiger partial charge in [-0.25, -0.2) is 9.97 Å². The molecule has 0 spiro atoms. The summed E-state index contributed by atoms with van der Waals surface area (Å²) in [6, 6.07) is 77.1. The lowest BCUT2D eigenvalue weighted by molar-refractivity contribution is 1.01. The van der Waals surface area contributed by atoms with Crippen LogP contribution >= 0.6 is 0 Å². The molecule has 12 aromatic rings. The quantitative estimate of drug-likeness (QED) is 0.124. The Balaban J connectivity index is 1.15. The average Bonchev–Trinajstić information content (AvgIpc) is 3.84. The molecular weight excluding hydrogens is 745 g/mol. The first-order chi connectivity index (χ1) is 29.6. The SMILES string of the molecule is C[Si](c1ccccc1)(c1ccccc1)c1ccc2c3c4ccccc4ccc3n(-c3nc(-c4ccc5c(c4)c4ccccc4n5-c4ccccc4)c4ccccc4n3)c2c1. The molecule has 0 atom stereocenters. The van der Waals surface area contributed by atoms with Crippen molar-refractivity contribution in [1.29, 1.82) is 0 Å². The maximum atomic E-state index is 5.61. The van der Waals surface area contributed by atoms with Crippen LogP contribution in [0.1, 0.15) is 0 Å². The van der Waals surface area contributed by atoms with Crippen molar-refractivity contribution in [2.75, 3.05) is 0 Å². The molecule has 0 radical (unpaired) electrons. The zero-order chi connectivity index (χ0) is 39.8. The van der Waals surface area contributed by atoms with Crippen LogP contribution in [-0.2, 0) is 0 Å². The highest BCUT2D eigenvalue weighted by molar-refractivity contribution is 7.10. The summed E-state index contributed by atoms with van der Waals surface area (Å²) in [6.07, 6.45) is 0. The summed E-state index contributed by atoms with van der Waals surface area (Å²) < 4.78 is 4.68. The highest BCUT2D eigenvalue weighted by Crippen LogP contribution is 2.39. The predicted octanol–water partition coefficient (Wildman–Crippen LogP) is 11.7. The fourth-order valence-electron chi connectivity index (χ4n) is 9.72. The number of rotatable bonds is 6.